The first-order valence-electron chi connectivity index (χ1n) is 22.9. The zero-order valence-corrected chi connectivity index (χ0v) is 36.8. The molecule has 9 aromatic carbocycles. The van der Waals surface area contributed by atoms with Crippen LogP contribution in [0.5, 0.6) is 0 Å². The number of benzene rings is 9. The predicted octanol–water partition coefficient (Wildman–Crippen LogP) is 15.5. The Kier molecular flexibility index (Phi) is 9.39. The second kappa shape index (κ2) is 16.3. The molecule has 0 fully saturated rings. The third kappa shape index (κ3) is 6.74. The first kappa shape index (κ1) is 39.1. The highest BCUT2D eigenvalue weighted by molar-refractivity contribution is 6.23. The average Bonchev–Trinajstić information content (AvgIpc) is 3.95. The molecule has 4 aromatic heterocycles. The van der Waals surface area contributed by atoms with E-state index in [1.54, 1.807) is 0 Å². The maximum Gasteiger partial charge on any atom is 0.238 e. The summed E-state index contributed by atoms with van der Waals surface area (Å²) in [6, 6.07) is 85.1. The van der Waals surface area contributed by atoms with Crippen molar-refractivity contribution in [1.82, 2.24) is 29.1 Å². The SMILES string of the molecule is c1ccc(-c2ccc(-c3nc(-c4ccccc4)nc(-n4c5ccccc5c5ccc6c7ccccc7n(-c7ccc(-c8cc(-c9ccccc9)nc(-c9ccccc9)c8)cc7)c6c54)n3)cc2)cc1. The number of hydrogen-bond donors (Lipinski definition) is 0. The van der Waals surface area contributed by atoms with Crippen LogP contribution in [0.15, 0.2) is 243 Å². The molecular weight excluding hydrogens is 829 g/mol. The molecule has 0 bridgehead atoms. The van der Waals surface area contributed by atoms with Gasteiger partial charge in [-0.25, -0.2) is 9.97 Å². The van der Waals surface area contributed by atoms with E-state index >= 15 is 0 Å². The van der Waals surface area contributed by atoms with E-state index in [0.717, 1.165) is 99.8 Å². The maximum absolute atomic E-state index is 5.37. The van der Waals surface area contributed by atoms with Crippen molar-refractivity contribution in [2.45, 2.75) is 0 Å². The number of nitrogens with zero attached hydrogens (tertiary/aromatic N) is 6. The molecule has 0 aliphatic heterocycles. The third-order valence-electron chi connectivity index (χ3n) is 13.0. The Labute approximate surface area is 392 Å². The Hall–Kier alpha value is -9.26. The number of para-hydroxylation sites is 2. The average molecular weight is 869 g/mol. The fourth-order valence-electron chi connectivity index (χ4n) is 9.74. The minimum Gasteiger partial charge on any atom is -0.307 e. The van der Waals surface area contributed by atoms with Gasteiger partial charge in [0.1, 0.15) is 0 Å². The van der Waals surface area contributed by atoms with Crippen molar-refractivity contribution in [1.29, 1.82) is 0 Å². The molecule has 0 saturated carbocycles. The van der Waals surface area contributed by atoms with E-state index in [9.17, 15) is 0 Å². The van der Waals surface area contributed by atoms with Gasteiger partial charge in [0.05, 0.1) is 33.5 Å². The zero-order chi connectivity index (χ0) is 45.0. The molecule has 0 spiro atoms. The van der Waals surface area contributed by atoms with Crippen LogP contribution in [-0.4, -0.2) is 29.1 Å². The summed E-state index contributed by atoms with van der Waals surface area (Å²) in [7, 11) is 0. The van der Waals surface area contributed by atoms with Gasteiger partial charge < -0.3 is 4.57 Å². The summed E-state index contributed by atoms with van der Waals surface area (Å²) >= 11 is 0. The molecule has 0 saturated heterocycles. The minimum absolute atomic E-state index is 0.549. The molecule has 0 atom stereocenters. The van der Waals surface area contributed by atoms with Crippen molar-refractivity contribution in [3.8, 4) is 79.2 Å². The van der Waals surface area contributed by atoms with E-state index in [-0.39, 0.29) is 0 Å². The van der Waals surface area contributed by atoms with Gasteiger partial charge >= 0.3 is 0 Å². The van der Waals surface area contributed by atoms with Gasteiger partial charge in [0, 0.05) is 49.5 Å². The molecule has 4 heterocycles. The monoisotopic (exact) mass is 868 g/mol. The molecule has 6 heteroatoms. The summed E-state index contributed by atoms with van der Waals surface area (Å²) < 4.78 is 4.66. The van der Waals surface area contributed by atoms with Crippen LogP contribution in [0, 0.1) is 0 Å². The van der Waals surface area contributed by atoms with Gasteiger partial charge in [-0.3, -0.25) is 4.57 Å². The zero-order valence-electron chi connectivity index (χ0n) is 36.8. The summed E-state index contributed by atoms with van der Waals surface area (Å²) in [5, 5.41) is 4.54. The summed E-state index contributed by atoms with van der Waals surface area (Å²) in [4.78, 5) is 21.0. The Morgan fingerprint density at radius 1 is 0.250 bits per heavy atom. The molecule has 318 valence electrons. The fourth-order valence-corrected chi connectivity index (χ4v) is 9.74. The van der Waals surface area contributed by atoms with E-state index in [1.807, 2.05) is 36.4 Å². The highest BCUT2D eigenvalue weighted by Crippen LogP contribution is 2.42. The number of pyridine rings is 1. The number of fused-ring (bicyclic) bond motifs is 7. The summed E-state index contributed by atoms with van der Waals surface area (Å²) in [5.41, 5.74) is 15.6. The van der Waals surface area contributed by atoms with Gasteiger partial charge in [0.15, 0.2) is 11.6 Å². The molecule has 6 nitrogen and oxygen atoms in total. The molecular formula is C62H40N6. The second-order valence-corrected chi connectivity index (χ2v) is 17.1. The lowest BCUT2D eigenvalue weighted by atomic mass is 10.00. The molecule has 0 amide bonds. The number of aromatic nitrogens is 6. The Morgan fingerprint density at radius 2 is 0.632 bits per heavy atom. The van der Waals surface area contributed by atoms with Crippen LogP contribution in [0.4, 0.5) is 0 Å². The Morgan fingerprint density at radius 3 is 1.18 bits per heavy atom. The molecule has 0 N–H and O–H groups in total. The first-order valence-corrected chi connectivity index (χ1v) is 22.9. The van der Waals surface area contributed by atoms with Crippen LogP contribution in [-0.2, 0) is 0 Å². The summed E-state index contributed by atoms with van der Waals surface area (Å²) in [6.45, 7) is 0. The van der Waals surface area contributed by atoms with Crippen LogP contribution < -0.4 is 0 Å². The summed E-state index contributed by atoms with van der Waals surface area (Å²) in [6.07, 6.45) is 0. The van der Waals surface area contributed by atoms with E-state index < -0.39 is 0 Å². The van der Waals surface area contributed by atoms with Gasteiger partial charge in [-0.2, -0.15) is 9.97 Å². The second-order valence-electron chi connectivity index (χ2n) is 17.1. The largest absolute Gasteiger partial charge is 0.307 e. The third-order valence-corrected chi connectivity index (χ3v) is 13.0. The van der Waals surface area contributed by atoms with E-state index in [2.05, 4.69) is 215 Å². The van der Waals surface area contributed by atoms with Crippen molar-refractivity contribution in [2.24, 2.45) is 0 Å². The Bertz CT molecular complexity index is 3920. The van der Waals surface area contributed by atoms with Crippen LogP contribution in [0.25, 0.3) is 123 Å². The normalized spacial score (nSPS) is 11.5. The molecule has 0 radical (unpaired) electrons. The van der Waals surface area contributed by atoms with Crippen molar-refractivity contribution in [2.75, 3.05) is 0 Å². The van der Waals surface area contributed by atoms with Crippen molar-refractivity contribution in [3.63, 3.8) is 0 Å². The maximum atomic E-state index is 5.37. The molecule has 13 rings (SSSR count). The van der Waals surface area contributed by atoms with Crippen LogP contribution in [0.3, 0.4) is 0 Å². The molecule has 68 heavy (non-hydrogen) atoms. The van der Waals surface area contributed by atoms with Crippen LogP contribution in [0.2, 0.25) is 0 Å². The lowest BCUT2D eigenvalue weighted by Crippen LogP contribution is -2.07. The predicted molar refractivity (Wildman–Crippen MR) is 279 cm³/mol. The summed E-state index contributed by atoms with van der Waals surface area (Å²) in [5.74, 6) is 1.76. The first-order chi connectivity index (χ1) is 33.7. The van der Waals surface area contributed by atoms with Crippen molar-refractivity contribution < 1.29 is 0 Å². The molecule has 0 aliphatic carbocycles. The molecule has 0 unspecified atom stereocenters. The van der Waals surface area contributed by atoms with Gasteiger partial charge in [0.2, 0.25) is 5.95 Å². The Balaban J connectivity index is 1.03. The van der Waals surface area contributed by atoms with Gasteiger partial charge in [-0.05, 0) is 58.7 Å². The van der Waals surface area contributed by atoms with E-state index in [0.29, 0.717) is 17.6 Å². The van der Waals surface area contributed by atoms with Crippen LogP contribution in [0.1, 0.15) is 0 Å². The van der Waals surface area contributed by atoms with Crippen molar-refractivity contribution in [3.05, 3.63) is 243 Å². The van der Waals surface area contributed by atoms with E-state index in [4.69, 9.17) is 19.9 Å². The lowest BCUT2D eigenvalue weighted by molar-refractivity contribution is 0.953. The minimum atomic E-state index is 0.549. The number of rotatable bonds is 8. The van der Waals surface area contributed by atoms with Crippen LogP contribution >= 0.6 is 0 Å². The van der Waals surface area contributed by atoms with Gasteiger partial charge in [0.25, 0.3) is 0 Å². The van der Waals surface area contributed by atoms with Crippen molar-refractivity contribution >= 4 is 43.6 Å². The highest BCUT2D eigenvalue weighted by atomic mass is 15.2. The quantitative estimate of drug-likeness (QED) is 0.153. The van der Waals surface area contributed by atoms with Gasteiger partial charge in [-0.15, -0.1) is 0 Å². The molecule has 0 aliphatic rings. The smallest absolute Gasteiger partial charge is 0.238 e. The van der Waals surface area contributed by atoms with E-state index in [1.165, 1.54) is 5.39 Å². The fraction of sp³-hybridized carbons (Fsp3) is 0. The highest BCUT2D eigenvalue weighted by Gasteiger charge is 2.24. The standard InChI is InChI=1S/C62H40N6/c1-5-17-41(18-6-1)42-29-31-47(32-30-42)61-64-60(46-23-11-4-12-24-46)65-62(66-61)68-57-28-16-14-26-51(57)53-38-37-52-50-25-13-15-27-56(50)67(58(52)59(53)68)49-35-33-43(34-36-49)48-39-54(44-19-7-2-8-20-44)63-55(40-48)45-21-9-3-10-22-45/h1-40H. The lowest BCUT2D eigenvalue weighted by Gasteiger charge is -2.14. The topological polar surface area (TPSA) is 61.4 Å². The van der Waals surface area contributed by atoms with Gasteiger partial charge in [-0.1, -0.05) is 206 Å². The molecule has 13 aromatic rings. The number of hydrogen-bond acceptors (Lipinski definition) is 4.